The van der Waals surface area contributed by atoms with E-state index in [1.54, 1.807) is 4.90 Å². The molecule has 158 valence electrons. The van der Waals surface area contributed by atoms with Crippen molar-refractivity contribution in [2.75, 3.05) is 46.3 Å². The summed E-state index contributed by atoms with van der Waals surface area (Å²) in [5.74, 6) is 0.580. The van der Waals surface area contributed by atoms with E-state index < -0.39 is 5.60 Å². The quantitative estimate of drug-likeness (QED) is 0.698. The molecule has 0 aliphatic carbocycles. The summed E-state index contributed by atoms with van der Waals surface area (Å²) in [6, 6.07) is -0.382. The molecule has 8 nitrogen and oxygen atoms in total. The van der Waals surface area contributed by atoms with Gasteiger partial charge in [0.15, 0.2) is 0 Å². The van der Waals surface area contributed by atoms with Crippen molar-refractivity contribution in [3.05, 3.63) is 0 Å². The lowest BCUT2D eigenvalue weighted by Gasteiger charge is -2.38. The highest BCUT2D eigenvalue weighted by atomic mass is 16.6. The van der Waals surface area contributed by atoms with Gasteiger partial charge in [0, 0.05) is 45.4 Å². The molecule has 3 aliphatic rings. The molecule has 3 aliphatic heterocycles. The van der Waals surface area contributed by atoms with Crippen molar-refractivity contribution in [3.8, 4) is 0 Å². The van der Waals surface area contributed by atoms with Crippen molar-refractivity contribution < 1.29 is 19.1 Å². The Bertz CT molecular complexity index is 601. The second-order valence-electron chi connectivity index (χ2n) is 8.97. The molecule has 3 rings (SSSR count). The summed E-state index contributed by atoms with van der Waals surface area (Å²) in [6.45, 7) is 8.89. The minimum absolute atomic E-state index is 0.00457. The zero-order chi connectivity index (χ0) is 20.3. The molecule has 28 heavy (non-hydrogen) atoms. The summed E-state index contributed by atoms with van der Waals surface area (Å²) in [5, 5.41) is 2.74. The molecule has 1 N–H and O–H groups in total. The Morgan fingerprint density at radius 1 is 1.32 bits per heavy atom. The Morgan fingerprint density at radius 3 is 2.64 bits per heavy atom. The maximum atomic E-state index is 12.5. The van der Waals surface area contributed by atoms with E-state index in [2.05, 4.69) is 31.1 Å². The number of carbonyl (C=O) groups excluding carboxylic acids is 3. The number of nitrogens with zero attached hydrogens (tertiary/aromatic N) is 3. The van der Waals surface area contributed by atoms with Gasteiger partial charge in [0.05, 0.1) is 6.54 Å². The first-order chi connectivity index (χ1) is 13.3. The van der Waals surface area contributed by atoms with E-state index in [0.29, 0.717) is 57.8 Å². The number of hydrogen-bond acceptors (Lipinski definition) is 5. The first-order valence-electron chi connectivity index (χ1n) is 10.5. The Hall–Kier alpha value is -1.83. The van der Waals surface area contributed by atoms with Crippen LogP contribution in [0.15, 0.2) is 0 Å². The Balaban J connectivity index is 1.43. The van der Waals surface area contributed by atoms with Gasteiger partial charge in [-0.05, 0) is 32.4 Å². The van der Waals surface area contributed by atoms with Gasteiger partial charge in [-0.2, -0.15) is 0 Å². The van der Waals surface area contributed by atoms with Crippen molar-refractivity contribution >= 4 is 17.9 Å². The number of likely N-dealkylation sites (tertiary alicyclic amines) is 1. The van der Waals surface area contributed by atoms with Crippen molar-refractivity contribution in [2.24, 2.45) is 5.92 Å². The molecular formula is C20H34N4O4. The van der Waals surface area contributed by atoms with Crippen molar-refractivity contribution in [2.45, 2.75) is 57.6 Å². The molecule has 8 heteroatoms. The topological polar surface area (TPSA) is 82.2 Å². The first-order valence-corrected chi connectivity index (χ1v) is 10.5. The third-order valence-corrected chi connectivity index (χ3v) is 5.97. The number of nitrogens with one attached hydrogen (secondary N) is 1. The van der Waals surface area contributed by atoms with Crippen molar-refractivity contribution in [1.29, 1.82) is 0 Å². The lowest BCUT2D eigenvalue weighted by Crippen LogP contribution is -2.52. The van der Waals surface area contributed by atoms with Crippen LogP contribution in [0.2, 0.25) is 0 Å². The molecule has 3 fully saturated rings. The molecule has 0 aromatic rings. The van der Waals surface area contributed by atoms with Gasteiger partial charge in [0.1, 0.15) is 11.6 Å². The molecule has 0 unspecified atom stereocenters. The molecule has 3 saturated heterocycles. The van der Waals surface area contributed by atoms with Gasteiger partial charge < -0.3 is 24.8 Å². The molecule has 3 amide bonds. The molecule has 1 spiro atoms. The van der Waals surface area contributed by atoms with E-state index in [-0.39, 0.29) is 23.9 Å². The monoisotopic (exact) mass is 394 g/mol. The van der Waals surface area contributed by atoms with E-state index >= 15 is 0 Å². The lowest BCUT2D eigenvalue weighted by molar-refractivity contribution is -0.137. The van der Waals surface area contributed by atoms with Crippen LogP contribution >= 0.6 is 0 Å². The Labute approximate surface area is 167 Å². The van der Waals surface area contributed by atoms with Crippen LogP contribution in [-0.2, 0) is 14.3 Å². The fourth-order valence-corrected chi connectivity index (χ4v) is 4.53. The second kappa shape index (κ2) is 8.68. The van der Waals surface area contributed by atoms with Gasteiger partial charge in [0.25, 0.3) is 0 Å². The standard InChI is InChI=1S/C20H34N4O4/c1-15(2)13-22(3)9-4-10-24-14-20(28-19(24)27)7-11-23(12-8-20)18(26)16-5-6-17(25)21-16/h15-16H,4-14H2,1-3H3,(H,21,25)/t16-/m0/s1. The molecule has 0 aromatic heterocycles. The number of piperidine rings is 1. The van der Waals surface area contributed by atoms with E-state index in [0.717, 1.165) is 19.5 Å². The van der Waals surface area contributed by atoms with Gasteiger partial charge in [-0.15, -0.1) is 0 Å². The second-order valence-corrected chi connectivity index (χ2v) is 8.97. The average Bonchev–Trinajstić information content (AvgIpc) is 3.18. The van der Waals surface area contributed by atoms with Crippen molar-refractivity contribution in [3.63, 3.8) is 0 Å². The molecule has 0 saturated carbocycles. The molecular weight excluding hydrogens is 360 g/mol. The highest BCUT2D eigenvalue weighted by Crippen LogP contribution is 2.33. The zero-order valence-corrected chi connectivity index (χ0v) is 17.4. The highest BCUT2D eigenvalue weighted by Gasteiger charge is 2.47. The molecule has 0 bridgehead atoms. The van der Waals surface area contributed by atoms with Crippen LogP contribution < -0.4 is 5.32 Å². The highest BCUT2D eigenvalue weighted by molar-refractivity contribution is 5.90. The summed E-state index contributed by atoms with van der Waals surface area (Å²) in [6.07, 6.45) is 3.03. The van der Waals surface area contributed by atoms with Gasteiger partial charge >= 0.3 is 6.09 Å². The average molecular weight is 395 g/mol. The van der Waals surface area contributed by atoms with Crippen LogP contribution in [0.4, 0.5) is 4.79 Å². The van der Waals surface area contributed by atoms with Gasteiger partial charge in [-0.25, -0.2) is 4.79 Å². The van der Waals surface area contributed by atoms with Crippen LogP contribution in [-0.4, -0.2) is 90.6 Å². The Kier molecular flexibility index (Phi) is 6.47. The summed E-state index contributed by atoms with van der Waals surface area (Å²) in [5.41, 5.74) is -0.462. The largest absolute Gasteiger partial charge is 0.441 e. The predicted octanol–water partition coefficient (Wildman–Crippen LogP) is 1.06. The summed E-state index contributed by atoms with van der Waals surface area (Å²) in [7, 11) is 2.11. The Morgan fingerprint density at radius 2 is 2.04 bits per heavy atom. The predicted molar refractivity (Wildman–Crippen MR) is 105 cm³/mol. The lowest BCUT2D eigenvalue weighted by atomic mass is 9.91. The van der Waals surface area contributed by atoms with E-state index in [1.165, 1.54) is 0 Å². The molecule has 0 radical (unpaired) electrons. The van der Waals surface area contributed by atoms with E-state index in [1.807, 2.05) is 4.90 Å². The third-order valence-electron chi connectivity index (χ3n) is 5.97. The molecule has 3 heterocycles. The SMILES string of the molecule is CC(C)CN(C)CCCN1CC2(CCN(C(=O)[C@@H]3CCC(=O)N3)CC2)OC1=O. The van der Waals surface area contributed by atoms with E-state index in [4.69, 9.17) is 4.74 Å². The summed E-state index contributed by atoms with van der Waals surface area (Å²) in [4.78, 5) is 42.1. The number of rotatable bonds is 7. The summed E-state index contributed by atoms with van der Waals surface area (Å²) < 4.78 is 5.76. The van der Waals surface area contributed by atoms with E-state index in [9.17, 15) is 14.4 Å². The first kappa shape index (κ1) is 20.9. The minimum Gasteiger partial charge on any atom is -0.441 e. The number of hydrogen-bond donors (Lipinski definition) is 1. The van der Waals surface area contributed by atoms with Gasteiger partial charge in [-0.3, -0.25) is 9.59 Å². The number of amides is 3. The van der Waals surface area contributed by atoms with Crippen LogP contribution in [0, 0.1) is 5.92 Å². The molecule has 0 aromatic carbocycles. The smallest absolute Gasteiger partial charge is 0.410 e. The molecule has 1 atom stereocenters. The van der Waals surface area contributed by atoms with Gasteiger partial charge in [-0.1, -0.05) is 13.8 Å². The van der Waals surface area contributed by atoms with Crippen LogP contribution in [0.1, 0.15) is 46.0 Å². The number of carbonyl (C=O) groups is 3. The number of ether oxygens (including phenoxy) is 1. The van der Waals surface area contributed by atoms with Crippen LogP contribution in [0.25, 0.3) is 0 Å². The third kappa shape index (κ3) is 4.96. The van der Waals surface area contributed by atoms with Crippen LogP contribution in [0.5, 0.6) is 0 Å². The minimum atomic E-state index is -0.462. The zero-order valence-electron chi connectivity index (χ0n) is 17.4. The van der Waals surface area contributed by atoms with Crippen LogP contribution in [0.3, 0.4) is 0 Å². The normalized spacial score (nSPS) is 24.4. The fourth-order valence-electron chi connectivity index (χ4n) is 4.53. The van der Waals surface area contributed by atoms with Gasteiger partial charge in [0.2, 0.25) is 11.8 Å². The fraction of sp³-hybridized carbons (Fsp3) is 0.850. The maximum absolute atomic E-state index is 12.5. The maximum Gasteiger partial charge on any atom is 0.410 e. The summed E-state index contributed by atoms with van der Waals surface area (Å²) >= 11 is 0. The van der Waals surface area contributed by atoms with Crippen molar-refractivity contribution in [1.82, 2.24) is 20.0 Å².